The molecule has 4 nitrogen and oxygen atoms in total. The Morgan fingerprint density at radius 1 is 1.20 bits per heavy atom. The average molecular weight is 270 g/mol. The maximum atomic E-state index is 11.9. The number of rotatable bonds is 4. The second kappa shape index (κ2) is 5.74. The van der Waals surface area contributed by atoms with Gasteiger partial charge in [0.1, 0.15) is 5.56 Å². The van der Waals surface area contributed by atoms with E-state index in [1.807, 2.05) is 22.8 Å². The zero-order chi connectivity index (χ0) is 14.7. The van der Waals surface area contributed by atoms with Gasteiger partial charge in [0, 0.05) is 24.0 Å². The van der Waals surface area contributed by atoms with E-state index in [0.717, 1.165) is 6.42 Å². The molecule has 0 spiro atoms. The molecule has 0 aliphatic heterocycles. The van der Waals surface area contributed by atoms with Crippen LogP contribution in [0.25, 0.3) is 0 Å². The summed E-state index contributed by atoms with van der Waals surface area (Å²) in [5.41, 5.74) is 7.51. The summed E-state index contributed by atoms with van der Waals surface area (Å²) < 4.78 is 1.92. The fourth-order valence-corrected chi connectivity index (χ4v) is 2.31. The van der Waals surface area contributed by atoms with Gasteiger partial charge in [0.15, 0.2) is 5.43 Å². The molecule has 0 unspecified atom stereocenters. The zero-order valence-corrected chi connectivity index (χ0v) is 11.7. The highest BCUT2D eigenvalue weighted by Crippen LogP contribution is 2.08. The van der Waals surface area contributed by atoms with E-state index >= 15 is 0 Å². The monoisotopic (exact) mass is 270 g/mol. The van der Waals surface area contributed by atoms with Crippen LogP contribution in [-0.2, 0) is 13.0 Å². The Bertz CT molecular complexity index is 688. The van der Waals surface area contributed by atoms with Crippen molar-refractivity contribution in [2.24, 2.45) is 5.73 Å². The van der Waals surface area contributed by atoms with Gasteiger partial charge in [-0.1, -0.05) is 30.3 Å². The van der Waals surface area contributed by atoms with Crippen LogP contribution in [0.3, 0.4) is 0 Å². The van der Waals surface area contributed by atoms with Gasteiger partial charge in [-0.3, -0.25) is 9.59 Å². The molecule has 0 fully saturated rings. The number of nitrogens with zero attached hydrogens (tertiary/aromatic N) is 1. The van der Waals surface area contributed by atoms with Crippen molar-refractivity contribution in [3.8, 4) is 0 Å². The molecule has 1 heterocycles. The zero-order valence-electron chi connectivity index (χ0n) is 11.7. The Morgan fingerprint density at radius 3 is 2.45 bits per heavy atom. The van der Waals surface area contributed by atoms with E-state index in [-0.39, 0.29) is 11.0 Å². The molecule has 1 amide bonds. The van der Waals surface area contributed by atoms with Gasteiger partial charge in [-0.05, 0) is 25.8 Å². The Hall–Kier alpha value is -2.36. The van der Waals surface area contributed by atoms with E-state index in [0.29, 0.717) is 17.8 Å². The highest BCUT2D eigenvalue weighted by atomic mass is 16.2. The summed E-state index contributed by atoms with van der Waals surface area (Å²) in [5, 5.41) is 0. The van der Waals surface area contributed by atoms with Crippen LogP contribution < -0.4 is 11.2 Å². The van der Waals surface area contributed by atoms with Crippen molar-refractivity contribution in [3.63, 3.8) is 0 Å². The van der Waals surface area contributed by atoms with E-state index in [2.05, 4.69) is 12.1 Å². The first-order valence-electron chi connectivity index (χ1n) is 6.55. The van der Waals surface area contributed by atoms with Crippen LogP contribution in [-0.4, -0.2) is 10.5 Å². The van der Waals surface area contributed by atoms with Crippen molar-refractivity contribution in [2.75, 3.05) is 0 Å². The number of aryl methyl sites for hydroxylation is 3. The summed E-state index contributed by atoms with van der Waals surface area (Å²) in [6, 6.07) is 10.1. The van der Waals surface area contributed by atoms with E-state index in [1.54, 1.807) is 20.0 Å². The molecule has 0 saturated carbocycles. The molecule has 2 rings (SSSR count). The van der Waals surface area contributed by atoms with Crippen LogP contribution in [0, 0.1) is 13.8 Å². The SMILES string of the molecule is Cc1cn(CCc2ccccc2)c(C)c(C(N)=O)c1=O. The third-order valence-corrected chi connectivity index (χ3v) is 3.46. The minimum Gasteiger partial charge on any atom is -0.365 e. The quantitative estimate of drug-likeness (QED) is 0.920. The lowest BCUT2D eigenvalue weighted by Gasteiger charge is -2.14. The largest absolute Gasteiger partial charge is 0.365 e. The highest BCUT2D eigenvalue weighted by molar-refractivity contribution is 5.93. The Balaban J connectivity index is 2.33. The molecule has 4 heteroatoms. The molecule has 0 atom stereocenters. The van der Waals surface area contributed by atoms with Gasteiger partial charge in [-0.2, -0.15) is 0 Å². The first kappa shape index (κ1) is 14.1. The van der Waals surface area contributed by atoms with Gasteiger partial charge in [-0.25, -0.2) is 0 Å². The third-order valence-electron chi connectivity index (χ3n) is 3.46. The number of pyridine rings is 1. The third kappa shape index (κ3) is 2.79. The van der Waals surface area contributed by atoms with Gasteiger partial charge in [0.2, 0.25) is 0 Å². The average Bonchev–Trinajstić information content (AvgIpc) is 2.42. The fraction of sp³-hybridized carbons (Fsp3) is 0.250. The predicted octanol–water partition coefficient (Wildman–Crippen LogP) is 1.81. The molecule has 0 aliphatic carbocycles. The normalized spacial score (nSPS) is 10.5. The van der Waals surface area contributed by atoms with Crippen molar-refractivity contribution < 1.29 is 4.79 Å². The highest BCUT2D eigenvalue weighted by Gasteiger charge is 2.14. The van der Waals surface area contributed by atoms with Gasteiger partial charge in [0.25, 0.3) is 5.91 Å². The minimum atomic E-state index is -0.662. The van der Waals surface area contributed by atoms with E-state index in [9.17, 15) is 9.59 Å². The summed E-state index contributed by atoms with van der Waals surface area (Å²) in [6.45, 7) is 4.16. The summed E-state index contributed by atoms with van der Waals surface area (Å²) in [5.74, 6) is -0.662. The van der Waals surface area contributed by atoms with Crippen LogP contribution >= 0.6 is 0 Å². The van der Waals surface area contributed by atoms with Crippen molar-refractivity contribution >= 4 is 5.91 Å². The lowest BCUT2D eigenvalue weighted by atomic mass is 10.1. The molecule has 0 bridgehead atoms. The lowest BCUT2D eigenvalue weighted by molar-refractivity contribution is 0.0997. The van der Waals surface area contributed by atoms with E-state index in [4.69, 9.17) is 5.73 Å². The molecule has 104 valence electrons. The molecule has 2 aromatic rings. The number of benzene rings is 1. The maximum absolute atomic E-state index is 11.9. The number of carbonyl (C=O) groups excluding carboxylic acids is 1. The van der Waals surface area contributed by atoms with E-state index in [1.165, 1.54) is 5.56 Å². The number of hydrogen-bond acceptors (Lipinski definition) is 2. The fourth-order valence-electron chi connectivity index (χ4n) is 2.31. The molecular weight excluding hydrogens is 252 g/mol. The van der Waals surface area contributed by atoms with Crippen molar-refractivity contribution in [2.45, 2.75) is 26.8 Å². The predicted molar refractivity (Wildman–Crippen MR) is 78.8 cm³/mol. The standard InChI is InChI=1S/C16H18N2O2/c1-11-10-18(9-8-13-6-4-3-5-7-13)12(2)14(15(11)19)16(17)20/h3-7,10H,8-9H2,1-2H3,(H2,17,20). The summed E-state index contributed by atoms with van der Waals surface area (Å²) in [6.07, 6.45) is 2.62. The molecule has 0 radical (unpaired) electrons. The maximum Gasteiger partial charge on any atom is 0.254 e. The Labute approximate surface area is 117 Å². The van der Waals surface area contributed by atoms with Gasteiger partial charge in [0.05, 0.1) is 0 Å². The number of carbonyl (C=O) groups is 1. The molecular formula is C16H18N2O2. The minimum absolute atomic E-state index is 0.0954. The molecule has 0 saturated heterocycles. The van der Waals surface area contributed by atoms with Gasteiger partial charge < -0.3 is 10.3 Å². The number of hydrogen-bond donors (Lipinski definition) is 1. The number of amides is 1. The molecule has 1 aromatic heterocycles. The van der Waals surface area contributed by atoms with Crippen LogP contribution in [0.5, 0.6) is 0 Å². The van der Waals surface area contributed by atoms with Gasteiger partial charge >= 0.3 is 0 Å². The summed E-state index contributed by atoms with van der Waals surface area (Å²) in [4.78, 5) is 23.4. The molecule has 2 N–H and O–H groups in total. The van der Waals surface area contributed by atoms with Crippen LogP contribution in [0.2, 0.25) is 0 Å². The number of aromatic nitrogens is 1. The van der Waals surface area contributed by atoms with Crippen LogP contribution in [0.4, 0.5) is 0 Å². The van der Waals surface area contributed by atoms with Crippen molar-refractivity contribution in [3.05, 3.63) is 69.1 Å². The second-order valence-electron chi connectivity index (χ2n) is 4.89. The number of nitrogens with two attached hydrogens (primary N) is 1. The summed E-state index contributed by atoms with van der Waals surface area (Å²) in [7, 11) is 0. The van der Waals surface area contributed by atoms with Crippen LogP contribution in [0.15, 0.2) is 41.3 Å². The molecule has 0 aliphatic rings. The first-order chi connectivity index (χ1) is 9.50. The topological polar surface area (TPSA) is 65.1 Å². The smallest absolute Gasteiger partial charge is 0.254 e. The Kier molecular flexibility index (Phi) is 4.03. The van der Waals surface area contributed by atoms with Gasteiger partial charge in [-0.15, -0.1) is 0 Å². The first-order valence-corrected chi connectivity index (χ1v) is 6.55. The van der Waals surface area contributed by atoms with Crippen LogP contribution in [0.1, 0.15) is 27.2 Å². The lowest BCUT2D eigenvalue weighted by Crippen LogP contribution is -2.28. The Morgan fingerprint density at radius 2 is 1.85 bits per heavy atom. The summed E-state index contributed by atoms with van der Waals surface area (Å²) >= 11 is 0. The second-order valence-corrected chi connectivity index (χ2v) is 4.89. The van der Waals surface area contributed by atoms with Crippen molar-refractivity contribution in [1.29, 1.82) is 0 Å². The molecule has 1 aromatic carbocycles. The number of primary amides is 1. The molecule has 20 heavy (non-hydrogen) atoms. The van der Waals surface area contributed by atoms with Crippen molar-refractivity contribution in [1.82, 2.24) is 4.57 Å². The van der Waals surface area contributed by atoms with E-state index < -0.39 is 5.91 Å².